The van der Waals surface area contributed by atoms with Crippen LogP contribution in [0.25, 0.3) is 0 Å². The van der Waals surface area contributed by atoms with Crippen LogP contribution in [0, 0.1) is 5.92 Å². The summed E-state index contributed by atoms with van der Waals surface area (Å²) in [6.07, 6.45) is 6.95. The molecule has 16 heavy (non-hydrogen) atoms. The fourth-order valence-corrected chi connectivity index (χ4v) is 1.57. The van der Waals surface area contributed by atoms with Crippen LogP contribution >= 0.6 is 0 Å². The average molecular weight is 222 g/mol. The van der Waals surface area contributed by atoms with Crippen molar-refractivity contribution in [1.29, 1.82) is 0 Å². The topological polar surface area (TPSA) is 45.1 Å². The lowest BCUT2D eigenvalue weighted by molar-refractivity contribution is 0.228. The first-order valence-electron chi connectivity index (χ1n) is 6.03. The zero-order valence-electron chi connectivity index (χ0n) is 10.0. The standard InChI is InChI=1S/C13H22N2O/c1-12(11-16)3-2-7-14-8-4-13-5-9-15-10-6-13/h5-6,9-10,12,14,16H,2-4,7-8,11H2,1H3. The molecule has 0 aliphatic heterocycles. The molecule has 0 amide bonds. The Morgan fingerprint density at radius 1 is 1.31 bits per heavy atom. The van der Waals surface area contributed by atoms with Gasteiger partial charge in [0, 0.05) is 19.0 Å². The van der Waals surface area contributed by atoms with E-state index < -0.39 is 0 Å². The molecule has 0 aliphatic rings. The van der Waals surface area contributed by atoms with Crippen LogP contribution in [0.1, 0.15) is 25.3 Å². The maximum Gasteiger partial charge on any atom is 0.0456 e. The highest BCUT2D eigenvalue weighted by Gasteiger charge is 1.98. The molecular weight excluding hydrogens is 200 g/mol. The van der Waals surface area contributed by atoms with Gasteiger partial charge in [0.05, 0.1) is 0 Å². The first-order chi connectivity index (χ1) is 7.83. The van der Waals surface area contributed by atoms with Crippen LogP contribution < -0.4 is 5.32 Å². The number of aliphatic hydroxyl groups excluding tert-OH is 1. The third-order valence-corrected chi connectivity index (χ3v) is 2.70. The predicted octanol–water partition coefficient (Wildman–Crippen LogP) is 1.62. The van der Waals surface area contributed by atoms with E-state index in [1.165, 1.54) is 5.56 Å². The van der Waals surface area contributed by atoms with Crippen molar-refractivity contribution in [3.63, 3.8) is 0 Å². The summed E-state index contributed by atoms with van der Waals surface area (Å²) in [7, 11) is 0. The third kappa shape index (κ3) is 5.83. The molecule has 1 aromatic rings. The molecule has 1 rings (SSSR count). The second-order valence-electron chi connectivity index (χ2n) is 4.29. The minimum absolute atomic E-state index is 0.303. The van der Waals surface area contributed by atoms with Crippen LogP contribution in [0.4, 0.5) is 0 Å². The number of hydrogen-bond donors (Lipinski definition) is 2. The molecule has 0 spiro atoms. The maximum absolute atomic E-state index is 8.86. The quantitative estimate of drug-likeness (QED) is 0.657. The van der Waals surface area contributed by atoms with Crippen LogP contribution in [-0.4, -0.2) is 29.8 Å². The van der Waals surface area contributed by atoms with E-state index in [9.17, 15) is 0 Å². The number of nitrogens with zero attached hydrogens (tertiary/aromatic N) is 1. The van der Waals surface area contributed by atoms with Crippen LogP contribution in [-0.2, 0) is 6.42 Å². The summed E-state index contributed by atoms with van der Waals surface area (Å²) >= 11 is 0. The van der Waals surface area contributed by atoms with Crippen molar-refractivity contribution in [1.82, 2.24) is 10.3 Å². The Hall–Kier alpha value is -0.930. The number of pyridine rings is 1. The van der Waals surface area contributed by atoms with Gasteiger partial charge in [-0.15, -0.1) is 0 Å². The Balaban J connectivity index is 1.96. The Morgan fingerprint density at radius 2 is 2.06 bits per heavy atom. The zero-order valence-corrected chi connectivity index (χ0v) is 10.0. The van der Waals surface area contributed by atoms with E-state index in [2.05, 4.69) is 29.4 Å². The molecule has 0 bridgehead atoms. The number of hydrogen-bond acceptors (Lipinski definition) is 3. The molecule has 0 saturated carbocycles. The van der Waals surface area contributed by atoms with E-state index in [0.717, 1.165) is 32.4 Å². The number of aliphatic hydroxyl groups is 1. The molecule has 0 aromatic carbocycles. The summed E-state index contributed by atoms with van der Waals surface area (Å²) in [4.78, 5) is 3.99. The molecule has 2 N–H and O–H groups in total. The molecule has 90 valence electrons. The average Bonchev–Trinajstić information content (AvgIpc) is 2.34. The van der Waals surface area contributed by atoms with E-state index in [0.29, 0.717) is 12.5 Å². The summed E-state index contributed by atoms with van der Waals surface area (Å²) in [6.45, 7) is 4.43. The van der Waals surface area contributed by atoms with Crippen molar-refractivity contribution in [2.24, 2.45) is 5.92 Å². The molecule has 1 heterocycles. The van der Waals surface area contributed by atoms with Crippen molar-refractivity contribution < 1.29 is 5.11 Å². The molecule has 0 fully saturated rings. The van der Waals surface area contributed by atoms with Crippen molar-refractivity contribution in [3.8, 4) is 0 Å². The molecule has 0 aliphatic carbocycles. The van der Waals surface area contributed by atoms with E-state index in [1.54, 1.807) is 0 Å². The minimum Gasteiger partial charge on any atom is -0.396 e. The Kier molecular flexibility index (Phi) is 6.77. The van der Waals surface area contributed by atoms with Gasteiger partial charge in [0.15, 0.2) is 0 Å². The Morgan fingerprint density at radius 3 is 2.75 bits per heavy atom. The highest BCUT2D eigenvalue weighted by Crippen LogP contribution is 2.02. The highest BCUT2D eigenvalue weighted by molar-refractivity contribution is 5.09. The molecule has 3 nitrogen and oxygen atoms in total. The van der Waals surface area contributed by atoms with Gasteiger partial charge < -0.3 is 10.4 Å². The zero-order chi connectivity index (χ0) is 11.6. The molecular formula is C13H22N2O. The van der Waals surface area contributed by atoms with E-state index in [1.807, 2.05) is 12.4 Å². The fraction of sp³-hybridized carbons (Fsp3) is 0.615. The molecule has 0 saturated heterocycles. The predicted molar refractivity (Wildman–Crippen MR) is 66.3 cm³/mol. The largest absolute Gasteiger partial charge is 0.396 e. The minimum atomic E-state index is 0.303. The molecule has 1 aromatic heterocycles. The maximum atomic E-state index is 8.86. The summed E-state index contributed by atoms with van der Waals surface area (Å²) in [5.41, 5.74) is 1.33. The number of aromatic nitrogens is 1. The summed E-state index contributed by atoms with van der Waals surface area (Å²) in [6, 6.07) is 4.10. The SMILES string of the molecule is CC(CO)CCCNCCc1ccncc1. The van der Waals surface area contributed by atoms with Crippen molar-refractivity contribution in [2.75, 3.05) is 19.7 Å². The van der Waals surface area contributed by atoms with Crippen LogP contribution in [0.15, 0.2) is 24.5 Å². The van der Waals surface area contributed by atoms with Gasteiger partial charge in [-0.05, 0) is 56.0 Å². The van der Waals surface area contributed by atoms with Gasteiger partial charge >= 0.3 is 0 Å². The smallest absolute Gasteiger partial charge is 0.0456 e. The number of rotatable bonds is 8. The van der Waals surface area contributed by atoms with E-state index >= 15 is 0 Å². The van der Waals surface area contributed by atoms with Crippen molar-refractivity contribution >= 4 is 0 Å². The molecule has 0 radical (unpaired) electrons. The van der Waals surface area contributed by atoms with Crippen molar-refractivity contribution in [2.45, 2.75) is 26.2 Å². The van der Waals surface area contributed by atoms with Gasteiger partial charge in [0.25, 0.3) is 0 Å². The van der Waals surface area contributed by atoms with Crippen LogP contribution in [0.3, 0.4) is 0 Å². The van der Waals surface area contributed by atoms with Crippen molar-refractivity contribution in [3.05, 3.63) is 30.1 Å². The first-order valence-corrected chi connectivity index (χ1v) is 6.03. The summed E-state index contributed by atoms with van der Waals surface area (Å²) in [5.74, 6) is 0.432. The second-order valence-corrected chi connectivity index (χ2v) is 4.29. The Bertz CT molecular complexity index is 264. The van der Waals surface area contributed by atoms with E-state index in [-0.39, 0.29) is 0 Å². The lowest BCUT2D eigenvalue weighted by atomic mass is 10.1. The van der Waals surface area contributed by atoms with Gasteiger partial charge in [0.1, 0.15) is 0 Å². The lowest BCUT2D eigenvalue weighted by Crippen LogP contribution is -2.19. The van der Waals surface area contributed by atoms with Gasteiger partial charge in [-0.3, -0.25) is 4.98 Å². The first kappa shape index (κ1) is 13.1. The summed E-state index contributed by atoms with van der Waals surface area (Å²) < 4.78 is 0. The van der Waals surface area contributed by atoms with Crippen LogP contribution in [0.2, 0.25) is 0 Å². The highest BCUT2D eigenvalue weighted by atomic mass is 16.3. The Labute approximate surface area is 97.9 Å². The third-order valence-electron chi connectivity index (χ3n) is 2.70. The fourth-order valence-electron chi connectivity index (χ4n) is 1.57. The molecule has 1 unspecified atom stereocenters. The monoisotopic (exact) mass is 222 g/mol. The van der Waals surface area contributed by atoms with Crippen LogP contribution in [0.5, 0.6) is 0 Å². The number of nitrogens with one attached hydrogen (secondary N) is 1. The van der Waals surface area contributed by atoms with Gasteiger partial charge in [0.2, 0.25) is 0 Å². The molecule has 3 heteroatoms. The normalized spacial score (nSPS) is 12.6. The van der Waals surface area contributed by atoms with Gasteiger partial charge in [-0.1, -0.05) is 6.92 Å². The van der Waals surface area contributed by atoms with E-state index in [4.69, 9.17) is 5.11 Å². The second kappa shape index (κ2) is 8.25. The lowest BCUT2D eigenvalue weighted by Gasteiger charge is -2.08. The summed E-state index contributed by atoms with van der Waals surface area (Å²) in [5, 5.41) is 12.3. The van der Waals surface area contributed by atoms with Gasteiger partial charge in [-0.2, -0.15) is 0 Å². The van der Waals surface area contributed by atoms with Gasteiger partial charge in [-0.25, -0.2) is 0 Å². The molecule has 1 atom stereocenters.